The van der Waals surface area contributed by atoms with Gasteiger partial charge in [-0.05, 0) is 37.5 Å². The van der Waals surface area contributed by atoms with Crippen LogP contribution in [0.15, 0.2) is 66.7 Å². The first-order valence-corrected chi connectivity index (χ1v) is 11.3. The number of nitro benzene ring substituents is 1. The molecular formula is C27H22N2O7. The van der Waals surface area contributed by atoms with Crippen molar-refractivity contribution in [3.05, 3.63) is 110 Å². The summed E-state index contributed by atoms with van der Waals surface area (Å²) in [5.41, 5.74) is -0.666. The second-order valence-corrected chi connectivity index (χ2v) is 8.41. The van der Waals surface area contributed by atoms with Crippen LogP contribution < -0.4 is 5.32 Å². The van der Waals surface area contributed by atoms with Crippen LogP contribution in [0.4, 0.5) is 5.69 Å². The van der Waals surface area contributed by atoms with Gasteiger partial charge in [0.25, 0.3) is 11.6 Å². The Kier molecular flexibility index (Phi) is 7.00. The topological polar surface area (TPSA) is 133 Å². The second kappa shape index (κ2) is 10.3. The molecule has 1 aliphatic carbocycles. The minimum atomic E-state index is -1.14. The highest BCUT2D eigenvalue weighted by atomic mass is 16.6. The molecule has 1 amide bonds. The van der Waals surface area contributed by atoms with E-state index in [1.807, 2.05) is 37.3 Å². The van der Waals surface area contributed by atoms with E-state index < -0.39 is 51.8 Å². The fraction of sp³-hybridized carbons (Fsp3) is 0.185. The standard InChI is InChI=1S/C27H22N2O7/c1-16(11-12-17-7-3-2-4-8-17)28-22(30)15-36-27(33)21-14-13-20-23(24(21)29(34)35)26(32)19-10-6-5-9-18(19)25(20)31/h2-10,13-14,16H,11-12,15H2,1H3,(H,28,30). The lowest BCUT2D eigenvalue weighted by molar-refractivity contribution is -0.385. The van der Waals surface area contributed by atoms with Gasteiger partial charge in [-0.15, -0.1) is 0 Å². The number of nitrogens with one attached hydrogen (secondary N) is 1. The number of hydrogen-bond donors (Lipinski definition) is 1. The summed E-state index contributed by atoms with van der Waals surface area (Å²) in [5.74, 6) is -2.99. The number of hydrogen-bond acceptors (Lipinski definition) is 7. The van der Waals surface area contributed by atoms with E-state index in [1.54, 1.807) is 12.1 Å². The van der Waals surface area contributed by atoms with Gasteiger partial charge in [-0.1, -0.05) is 54.6 Å². The Hall–Kier alpha value is -4.66. The van der Waals surface area contributed by atoms with E-state index in [4.69, 9.17) is 4.74 Å². The maximum Gasteiger partial charge on any atom is 0.345 e. The van der Waals surface area contributed by atoms with Crippen LogP contribution in [0.3, 0.4) is 0 Å². The van der Waals surface area contributed by atoms with Crippen LogP contribution in [-0.4, -0.2) is 41.0 Å². The van der Waals surface area contributed by atoms with Crippen LogP contribution >= 0.6 is 0 Å². The zero-order chi connectivity index (χ0) is 25.8. The van der Waals surface area contributed by atoms with Gasteiger partial charge in [-0.25, -0.2) is 4.79 Å². The highest BCUT2D eigenvalue weighted by molar-refractivity contribution is 6.30. The molecule has 1 atom stereocenters. The van der Waals surface area contributed by atoms with Gasteiger partial charge < -0.3 is 10.1 Å². The van der Waals surface area contributed by atoms with Gasteiger partial charge in [0.15, 0.2) is 12.4 Å². The third-order valence-corrected chi connectivity index (χ3v) is 5.92. The Morgan fingerprint density at radius 1 is 0.917 bits per heavy atom. The fourth-order valence-electron chi connectivity index (χ4n) is 4.15. The number of aryl methyl sites for hydroxylation is 1. The molecule has 1 aliphatic rings. The first-order chi connectivity index (χ1) is 17.3. The van der Waals surface area contributed by atoms with Crippen LogP contribution in [0.5, 0.6) is 0 Å². The minimum absolute atomic E-state index is 0.0208. The first kappa shape index (κ1) is 24.5. The second-order valence-electron chi connectivity index (χ2n) is 8.41. The molecule has 9 nitrogen and oxygen atoms in total. The molecule has 0 saturated heterocycles. The number of nitro groups is 1. The maximum atomic E-state index is 13.0. The molecule has 1 N–H and O–H groups in total. The number of rotatable bonds is 8. The van der Waals surface area contributed by atoms with Crippen molar-refractivity contribution in [2.24, 2.45) is 0 Å². The number of ketones is 2. The third-order valence-electron chi connectivity index (χ3n) is 5.92. The molecule has 0 saturated carbocycles. The lowest BCUT2D eigenvalue weighted by Gasteiger charge is -2.18. The van der Waals surface area contributed by atoms with E-state index in [1.165, 1.54) is 18.2 Å². The summed E-state index contributed by atoms with van der Waals surface area (Å²) in [6.45, 7) is 1.16. The summed E-state index contributed by atoms with van der Waals surface area (Å²) in [7, 11) is 0. The van der Waals surface area contributed by atoms with Gasteiger partial charge in [-0.2, -0.15) is 0 Å². The zero-order valence-electron chi connectivity index (χ0n) is 19.4. The minimum Gasteiger partial charge on any atom is -0.452 e. The van der Waals surface area contributed by atoms with E-state index in [2.05, 4.69) is 5.32 Å². The average Bonchev–Trinajstić information content (AvgIpc) is 2.89. The normalized spacial score (nSPS) is 12.8. The number of ether oxygens (including phenoxy) is 1. The molecule has 0 aromatic heterocycles. The smallest absolute Gasteiger partial charge is 0.345 e. The first-order valence-electron chi connectivity index (χ1n) is 11.3. The molecule has 0 spiro atoms. The molecule has 0 fully saturated rings. The molecule has 9 heteroatoms. The number of fused-ring (bicyclic) bond motifs is 2. The SMILES string of the molecule is CC(CCc1ccccc1)NC(=O)COC(=O)c1ccc2c(c1[N+](=O)[O-])C(=O)c1ccccc1C2=O. The molecule has 0 aliphatic heterocycles. The number of nitrogens with zero attached hydrogens (tertiary/aromatic N) is 1. The molecule has 0 radical (unpaired) electrons. The average molecular weight is 486 g/mol. The number of benzene rings is 3. The quantitative estimate of drug-likeness (QED) is 0.228. The Labute approximate surface area is 206 Å². The van der Waals surface area contributed by atoms with Crippen LogP contribution in [0, 0.1) is 10.1 Å². The van der Waals surface area contributed by atoms with Crippen molar-refractivity contribution >= 4 is 29.1 Å². The maximum absolute atomic E-state index is 13.0. The van der Waals surface area contributed by atoms with Crippen molar-refractivity contribution in [2.45, 2.75) is 25.8 Å². The third kappa shape index (κ3) is 4.90. The largest absolute Gasteiger partial charge is 0.452 e. The molecule has 3 aromatic carbocycles. The lowest BCUT2D eigenvalue weighted by Crippen LogP contribution is -2.36. The Morgan fingerprint density at radius 3 is 2.22 bits per heavy atom. The molecule has 3 aromatic rings. The number of amides is 1. The van der Waals surface area contributed by atoms with Crippen molar-refractivity contribution in [3.63, 3.8) is 0 Å². The Bertz CT molecular complexity index is 1380. The monoisotopic (exact) mass is 486 g/mol. The lowest BCUT2D eigenvalue weighted by atomic mass is 9.82. The molecule has 0 heterocycles. The van der Waals surface area contributed by atoms with E-state index in [0.29, 0.717) is 6.42 Å². The summed E-state index contributed by atoms with van der Waals surface area (Å²) >= 11 is 0. The number of carbonyl (C=O) groups excluding carboxylic acids is 4. The number of carbonyl (C=O) groups is 4. The summed E-state index contributed by atoms with van der Waals surface area (Å²) in [6.07, 6.45) is 1.41. The van der Waals surface area contributed by atoms with Crippen molar-refractivity contribution in [1.82, 2.24) is 5.32 Å². The van der Waals surface area contributed by atoms with Crippen molar-refractivity contribution < 1.29 is 28.8 Å². The van der Waals surface area contributed by atoms with Gasteiger partial charge in [0.05, 0.1) is 4.92 Å². The van der Waals surface area contributed by atoms with Crippen LogP contribution in [-0.2, 0) is 16.0 Å². The van der Waals surface area contributed by atoms with E-state index in [0.717, 1.165) is 18.1 Å². The summed E-state index contributed by atoms with van der Waals surface area (Å²) < 4.78 is 5.02. The van der Waals surface area contributed by atoms with E-state index >= 15 is 0 Å². The fourth-order valence-corrected chi connectivity index (χ4v) is 4.15. The molecular weight excluding hydrogens is 464 g/mol. The highest BCUT2D eigenvalue weighted by Gasteiger charge is 2.39. The van der Waals surface area contributed by atoms with E-state index in [9.17, 15) is 29.3 Å². The van der Waals surface area contributed by atoms with Crippen LogP contribution in [0.25, 0.3) is 0 Å². The van der Waals surface area contributed by atoms with Gasteiger partial charge in [0, 0.05) is 22.7 Å². The van der Waals surface area contributed by atoms with Crippen LogP contribution in [0.1, 0.15) is 61.1 Å². The molecule has 1 unspecified atom stereocenters. The van der Waals surface area contributed by atoms with Crippen molar-refractivity contribution in [3.8, 4) is 0 Å². The van der Waals surface area contributed by atoms with Crippen LogP contribution in [0.2, 0.25) is 0 Å². The zero-order valence-corrected chi connectivity index (χ0v) is 19.4. The summed E-state index contributed by atoms with van der Waals surface area (Å²) in [4.78, 5) is 61.8. The molecule has 36 heavy (non-hydrogen) atoms. The molecule has 4 rings (SSSR count). The van der Waals surface area contributed by atoms with E-state index in [-0.39, 0.29) is 22.7 Å². The number of esters is 1. The molecule has 182 valence electrons. The van der Waals surface area contributed by atoms with Crippen molar-refractivity contribution in [1.29, 1.82) is 0 Å². The Balaban J connectivity index is 1.46. The summed E-state index contributed by atoms with van der Waals surface area (Å²) in [5, 5.41) is 14.6. The molecule has 0 bridgehead atoms. The predicted molar refractivity (Wildman–Crippen MR) is 129 cm³/mol. The van der Waals surface area contributed by atoms with Crippen molar-refractivity contribution in [2.75, 3.05) is 6.61 Å². The predicted octanol–water partition coefficient (Wildman–Crippen LogP) is 3.66. The van der Waals surface area contributed by atoms with Gasteiger partial charge >= 0.3 is 5.97 Å². The van der Waals surface area contributed by atoms with Gasteiger partial charge in [-0.3, -0.25) is 24.5 Å². The Morgan fingerprint density at radius 2 is 1.56 bits per heavy atom. The highest BCUT2D eigenvalue weighted by Crippen LogP contribution is 2.35. The summed E-state index contributed by atoms with van der Waals surface area (Å²) in [6, 6.07) is 17.8. The van der Waals surface area contributed by atoms with Gasteiger partial charge in [0.2, 0.25) is 5.78 Å². The van der Waals surface area contributed by atoms with Gasteiger partial charge in [0.1, 0.15) is 11.1 Å².